The molecule has 0 aliphatic heterocycles. The van der Waals surface area contributed by atoms with Gasteiger partial charge in [-0.05, 0) is 86.9 Å². The summed E-state index contributed by atoms with van der Waals surface area (Å²) in [4.78, 5) is 0. The van der Waals surface area contributed by atoms with Crippen molar-refractivity contribution in [3.63, 3.8) is 0 Å². The van der Waals surface area contributed by atoms with Gasteiger partial charge in [-0.1, -0.05) is 12.8 Å². The SMILES string of the molecule is NCCNCCNCCNC(CC1CC2CCC1C2)CC1CC2CCC1C2. The van der Waals surface area contributed by atoms with E-state index in [0.717, 1.165) is 80.8 Å². The van der Waals surface area contributed by atoms with Crippen molar-refractivity contribution >= 4 is 0 Å². The van der Waals surface area contributed by atoms with Crippen LogP contribution in [0, 0.1) is 35.5 Å². The van der Waals surface area contributed by atoms with Gasteiger partial charge in [-0.3, -0.25) is 0 Å². The second kappa shape index (κ2) is 10.0. The van der Waals surface area contributed by atoms with Crippen LogP contribution in [0.15, 0.2) is 0 Å². The molecular formula is C23H44N4. The fourth-order valence-corrected chi connectivity index (χ4v) is 7.22. The lowest BCUT2D eigenvalue weighted by molar-refractivity contribution is 0.227. The van der Waals surface area contributed by atoms with Crippen LogP contribution in [0.3, 0.4) is 0 Å². The zero-order valence-corrected chi connectivity index (χ0v) is 17.4. The van der Waals surface area contributed by atoms with E-state index in [0.29, 0.717) is 0 Å². The molecule has 4 aliphatic carbocycles. The standard InChI is InChI=1S/C23H44N4/c24-5-6-25-7-8-26-9-10-27-23(15-21-13-17-1-3-19(21)11-17)16-22-14-18-2-4-20(22)12-18/h17-23,25-27H,1-16,24H2. The third-order valence-corrected chi connectivity index (χ3v) is 8.48. The average molecular weight is 377 g/mol. The molecule has 4 heteroatoms. The fourth-order valence-electron chi connectivity index (χ4n) is 7.22. The van der Waals surface area contributed by atoms with Crippen LogP contribution in [0.4, 0.5) is 0 Å². The zero-order valence-electron chi connectivity index (χ0n) is 17.4. The molecule has 4 aliphatic rings. The van der Waals surface area contributed by atoms with E-state index in [1.54, 1.807) is 25.7 Å². The Morgan fingerprint density at radius 3 is 1.70 bits per heavy atom. The van der Waals surface area contributed by atoms with E-state index in [4.69, 9.17) is 5.73 Å². The predicted molar refractivity (Wildman–Crippen MR) is 114 cm³/mol. The van der Waals surface area contributed by atoms with Crippen molar-refractivity contribution in [2.45, 2.75) is 70.3 Å². The molecule has 0 aromatic rings. The molecule has 0 aromatic heterocycles. The highest BCUT2D eigenvalue weighted by Crippen LogP contribution is 2.52. The minimum absolute atomic E-state index is 0.731. The molecule has 4 fully saturated rings. The van der Waals surface area contributed by atoms with Crippen LogP contribution >= 0.6 is 0 Å². The minimum Gasteiger partial charge on any atom is -0.329 e. The van der Waals surface area contributed by atoms with Crippen molar-refractivity contribution in [1.29, 1.82) is 0 Å². The molecule has 156 valence electrons. The summed E-state index contributed by atoms with van der Waals surface area (Å²) < 4.78 is 0. The summed E-state index contributed by atoms with van der Waals surface area (Å²) in [6.45, 7) is 5.95. The summed E-state index contributed by atoms with van der Waals surface area (Å²) in [5.74, 6) is 6.40. The van der Waals surface area contributed by atoms with Crippen LogP contribution in [-0.2, 0) is 0 Å². The van der Waals surface area contributed by atoms with Gasteiger partial charge in [0, 0.05) is 45.3 Å². The van der Waals surface area contributed by atoms with Gasteiger partial charge >= 0.3 is 0 Å². The summed E-state index contributed by atoms with van der Waals surface area (Å²) in [7, 11) is 0. The van der Waals surface area contributed by atoms with Crippen LogP contribution in [0.1, 0.15) is 64.2 Å². The Kier molecular flexibility index (Phi) is 7.49. The quantitative estimate of drug-likeness (QED) is 0.373. The van der Waals surface area contributed by atoms with Crippen LogP contribution in [0.2, 0.25) is 0 Å². The summed E-state index contributed by atoms with van der Waals surface area (Å²) in [5, 5.41) is 10.9. The van der Waals surface area contributed by atoms with Gasteiger partial charge in [0.2, 0.25) is 0 Å². The van der Waals surface area contributed by atoms with Gasteiger partial charge in [0.15, 0.2) is 0 Å². The summed E-state index contributed by atoms with van der Waals surface area (Å²) >= 11 is 0. The minimum atomic E-state index is 0.731. The maximum Gasteiger partial charge on any atom is 0.00793 e. The molecule has 0 spiro atoms. The highest BCUT2D eigenvalue weighted by Gasteiger charge is 2.43. The normalized spacial score (nSPS) is 38.1. The Labute approximate surface area is 167 Å². The van der Waals surface area contributed by atoms with Crippen molar-refractivity contribution in [1.82, 2.24) is 16.0 Å². The number of hydrogen-bond donors (Lipinski definition) is 4. The Bertz CT molecular complexity index is 412. The van der Waals surface area contributed by atoms with Crippen molar-refractivity contribution in [3.05, 3.63) is 0 Å². The molecule has 5 N–H and O–H groups in total. The average Bonchev–Trinajstić information content (AvgIpc) is 3.45. The first-order valence-electron chi connectivity index (χ1n) is 12.2. The lowest BCUT2D eigenvalue weighted by atomic mass is 9.79. The van der Waals surface area contributed by atoms with Crippen molar-refractivity contribution in [2.24, 2.45) is 41.2 Å². The van der Waals surface area contributed by atoms with Gasteiger partial charge < -0.3 is 21.7 Å². The van der Waals surface area contributed by atoms with Crippen LogP contribution in [0.5, 0.6) is 0 Å². The van der Waals surface area contributed by atoms with E-state index in [2.05, 4.69) is 16.0 Å². The molecule has 0 saturated heterocycles. The Morgan fingerprint density at radius 1 is 0.667 bits per heavy atom. The second-order valence-electron chi connectivity index (χ2n) is 10.3. The summed E-state index contributed by atoms with van der Waals surface area (Å²) in [5.41, 5.74) is 5.51. The van der Waals surface area contributed by atoms with Gasteiger partial charge in [0.25, 0.3) is 0 Å². The first-order valence-corrected chi connectivity index (χ1v) is 12.2. The maximum atomic E-state index is 5.51. The van der Waals surface area contributed by atoms with Gasteiger partial charge in [0.1, 0.15) is 0 Å². The third-order valence-electron chi connectivity index (χ3n) is 8.48. The largest absolute Gasteiger partial charge is 0.329 e. The second-order valence-corrected chi connectivity index (χ2v) is 10.3. The van der Waals surface area contributed by atoms with Crippen molar-refractivity contribution < 1.29 is 0 Å². The van der Waals surface area contributed by atoms with Gasteiger partial charge in [-0.2, -0.15) is 0 Å². The summed E-state index contributed by atoms with van der Waals surface area (Å²) in [6, 6.07) is 0.774. The van der Waals surface area contributed by atoms with Gasteiger partial charge in [-0.15, -0.1) is 0 Å². The van der Waals surface area contributed by atoms with E-state index in [9.17, 15) is 0 Å². The molecule has 0 aromatic carbocycles. The monoisotopic (exact) mass is 376 g/mol. The molecule has 4 saturated carbocycles. The fraction of sp³-hybridized carbons (Fsp3) is 1.00. The highest BCUT2D eigenvalue weighted by atomic mass is 15.0. The molecule has 4 rings (SSSR count). The van der Waals surface area contributed by atoms with E-state index in [1.165, 1.54) is 38.5 Å². The Hall–Kier alpha value is -0.160. The molecular weight excluding hydrogens is 332 g/mol. The van der Waals surface area contributed by atoms with E-state index in [1.807, 2.05) is 0 Å². The van der Waals surface area contributed by atoms with Crippen LogP contribution < -0.4 is 21.7 Å². The molecule has 0 radical (unpaired) electrons. The van der Waals surface area contributed by atoms with Gasteiger partial charge in [0.05, 0.1) is 0 Å². The highest BCUT2D eigenvalue weighted by molar-refractivity contribution is 4.95. The Morgan fingerprint density at radius 2 is 1.22 bits per heavy atom. The molecule has 0 amide bonds. The predicted octanol–water partition coefficient (Wildman–Crippen LogP) is 2.74. The molecule has 6 unspecified atom stereocenters. The topological polar surface area (TPSA) is 62.1 Å². The lowest BCUT2D eigenvalue weighted by Crippen LogP contribution is -2.40. The molecule has 0 heterocycles. The van der Waals surface area contributed by atoms with E-state index >= 15 is 0 Å². The number of nitrogens with two attached hydrogens (primary N) is 1. The third kappa shape index (κ3) is 5.46. The molecule has 27 heavy (non-hydrogen) atoms. The molecule has 4 nitrogen and oxygen atoms in total. The Balaban J connectivity index is 1.18. The number of fused-ring (bicyclic) bond motifs is 4. The number of hydrogen-bond acceptors (Lipinski definition) is 4. The first kappa shape index (κ1) is 20.1. The van der Waals surface area contributed by atoms with Crippen molar-refractivity contribution in [2.75, 3.05) is 39.3 Å². The summed E-state index contributed by atoms with van der Waals surface area (Å²) in [6.07, 6.45) is 15.3. The smallest absolute Gasteiger partial charge is 0.00793 e. The molecule has 4 bridgehead atoms. The zero-order chi connectivity index (χ0) is 18.5. The maximum absolute atomic E-state index is 5.51. The number of nitrogens with one attached hydrogen (secondary N) is 3. The van der Waals surface area contributed by atoms with Crippen molar-refractivity contribution in [3.8, 4) is 0 Å². The van der Waals surface area contributed by atoms with Crippen LogP contribution in [0.25, 0.3) is 0 Å². The molecule has 6 atom stereocenters. The first-order chi connectivity index (χ1) is 13.3. The van der Waals surface area contributed by atoms with Crippen LogP contribution in [-0.4, -0.2) is 45.3 Å². The van der Waals surface area contributed by atoms with Gasteiger partial charge in [-0.25, -0.2) is 0 Å². The van der Waals surface area contributed by atoms with E-state index < -0.39 is 0 Å². The van der Waals surface area contributed by atoms with E-state index in [-0.39, 0.29) is 0 Å². The lowest BCUT2D eigenvalue weighted by Gasteiger charge is -2.31. The number of rotatable bonds is 13.